The monoisotopic (exact) mass is 213 g/mol. The summed E-state index contributed by atoms with van der Waals surface area (Å²) in [7, 11) is 0. The molecule has 0 aromatic heterocycles. The van der Waals surface area contributed by atoms with Crippen LogP contribution >= 0.6 is 0 Å². The molecule has 15 heavy (non-hydrogen) atoms. The Bertz CT molecular complexity index is 244. The molecule has 0 aliphatic carbocycles. The molecule has 0 saturated carbocycles. The van der Waals surface area contributed by atoms with Gasteiger partial charge in [0.05, 0.1) is 0 Å². The predicted molar refractivity (Wildman–Crippen MR) is 55.7 cm³/mol. The maximum absolute atomic E-state index is 5.62. The van der Waals surface area contributed by atoms with Crippen LogP contribution in [-0.4, -0.2) is 30.5 Å². The Morgan fingerprint density at radius 1 is 1.33 bits per heavy atom. The lowest BCUT2D eigenvalue weighted by Gasteiger charge is -2.25. The minimum Gasteiger partial charge on any atom is -0.457 e. The van der Waals surface area contributed by atoms with E-state index in [1.54, 1.807) is 6.26 Å². The third-order valence-corrected chi connectivity index (χ3v) is 2.56. The van der Waals surface area contributed by atoms with E-state index in [1.807, 2.05) is 18.9 Å². The van der Waals surface area contributed by atoms with Gasteiger partial charge in [0, 0.05) is 26.9 Å². The van der Waals surface area contributed by atoms with Crippen LogP contribution in [0.5, 0.6) is 0 Å². The maximum atomic E-state index is 5.62. The highest BCUT2D eigenvalue weighted by Crippen LogP contribution is 2.24. The van der Waals surface area contributed by atoms with Gasteiger partial charge in [-0.05, 0) is 12.8 Å². The maximum Gasteiger partial charge on any atom is 0.244 e. The second-order valence-electron chi connectivity index (χ2n) is 4.47. The predicted octanol–water partition coefficient (Wildman–Crippen LogP) is 2.03. The van der Waals surface area contributed by atoms with E-state index in [4.69, 9.17) is 14.3 Å². The molecule has 0 bridgehead atoms. The van der Waals surface area contributed by atoms with Crippen LogP contribution in [0.15, 0.2) is 12.0 Å². The van der Waals surface area contributed by atoms with Crippen molar-refractivity contribution >= 4 is 0 Å². The molecule has 0 N–H and O–H groups in total. The molecule has 0 radical (unpaired) electrons. The normalized spacial score (nSPS) is 25.6. The lowest BCUT2D eigenvalue weighted by atomic mass is 10.2. The van der Waals surface area contributed by atoms with Crippen molar-refractivity contribution in [1.82, 2.24) is 5.06 Å². The highest BCUT2D eigenvalue weighted by atomic mass is 16.7. The van der Waals surface area contributed by atoms with Gasteiger partial charge in [-0.2, -0.15) is 5.06 Å². The largest absolute Gasteiger partial charge is 0.457 e. The molecule has 0 amide bonds. The summed E-state index contributed by atoms with van der Waals surface area (Å²) < 4.78 is 10.8. The van der Waals surface area contributed by atoms with E-state index in [-0.39, 0.29) is 0 Å². The summed E-state index contributed by atoms with van der Waals surface area (Å²) in [5.41, 5.74) is 0. The van der Waals surface area contributed by atoms with Gasteiger partial charge in [-0.25, -0.2) is 0 Å². The highest BCUT2D eigenvalue weighted by molar-refractivity contribution is 4.95. The fourth-order valence-electron chi connectivity index (χ4n) is 1.78. The van der Waals surface area contributed by atoms with E-state index in [9.17, 15) is 0 Å². The van der Waals surface area contributed by atoms with Gasteiger partial charge in [0.25, 0.3) is 0 Å². The number of rotatable bonds is 3. The lowest BCUT2D eigenvalue weighted by Crippen LogP contribution is -2.31. The van der Waals surface area contributed by atoms with E-state index < -0.39 is 5.79 Å². The molecule has 86 valence electrons. The topological polar surface area (TPSA) is 30.9 Å². The quantitative estimate of drug-likeness (QED) is 0.717. The van der Waals surface area contributed by atoms with Gasteiger partial charge in [0.2, 0.25) is 5.79 Å². The average Bonchev–Trinajstić information content (AvgIpc) is 2.57. The first-order valence-corrected chi connectivity index (χ1v) is 5.59. The van der Waals surface area contributed by atoms with E-state index in [2.05, 4.69) is 0 Å². The zero-order valence-electron chi connectivity index (χ0n) is 9.49. The molecule has 4 heteroatoms. The Hall–Kier alpha value is -0.740. The molecule has 4 nitrogen and oxygen atoms in total. The summed E-state index contributed by atoms with van der Waals surface area (Å²) in [6, 6.07) is 0. The Morgan fingerprint density at radius 3 is 2.67 bits per heavy atom. The first kappa shape index (κ1) is 10.8. The van der Waals surface area contributed by atoms with Crippen molar-refractivity contribution in [2.45, 2.75) is 38.9 Å². The average molecular weight is 213 g/mol. The molecule has 1 saturated heterocycles. The van der Waals surface area contributed by atoms with Crippen LogP contribution in [0.4, 0.5) is 0 Å². The molecule has 0 aromatic rings. The Morgan fingerprint density at radius 2 is 2.07 bits per heavy atom. The molecular formula is C11H19NO3. The molecule has 2 heterocycles. The standard InChI is InChI=1S/C11H19NO3/c1-11(2)13-8-10(15-11)9-14-12-6-4-3-5-7-12/h8H,3-7,9H2,1-2H3. The van der Waals surface area contributed by atoms with Crippen LogP contribution < -0.4 is 0 Å². The van der Waals surface area contributed by atoms with Crippen LogP contribution in [0.3, 0.4) is 0 Å². The van der Waals surface area contributed by atoms with E-state index in [1.165, 1.54) is 19.3 Å². The number of hydrogen-bond acceptors (Lipinski definition) is 4. The number of nitrogens with zero attached hydrogens (tertiary/aromatic N) is 1. The molecule has 1 fully saturated rings. The third kappa shape index (κ3) is 3.11. The summed E-state index contributed by atoms with van der Waals surface area (Å²) >= 11 is 0. The van der Waals surface area contributed by atoms with Crippen molar-refractivity contribution in [3.05, 3.63) is 12.0 Å². The first-order valence-electron chi connectivity index (χ1n) is 5.59. The number of piperidine rings is 1. The first-order chi connectivity index (χ1) is 7.16. The van der Waals surface area contributed by atoms with Gasteiger partial charge in [0.1, 0.15) is 12.9 Å². The summed E-state index contributed by atoms with van der Waals surface area (Å²) in [5.74, 6) is 0.242. The third-order valence-electron chi connectivity index (χ3n) is 2.56. The Balaban J connectivity index is 1.70. The molecule has 0 unspecified atom stereocenters. The molecule has 0 atom stereocenters. The van der Waals surface area contributed by atoms with Crippen molar-refractivity contribution in [2.75, 3.05) is 19.7 Å². The smallest absolute Gasteiger partial charge is 0.244 e. The van der Waals surface area contributed by atoms with Gasteiger partial charge < -0.3 is 9.47 Å². The summed E-state index contributed by atoms with van der Waals surface area (Å²) in [5, 5.41) is 2.01. The van der Waals surface area contributed by atoms with Gasteiger partial charge in [-0.15, -0.1) is 0 Å². The Kier molecular flexibility index (Phi) is 3.17. The van der Waals surface area contributed by atoms with Gasteiger partial charge in [0.15, 0.2) is 5.76 Å². The Labute approximate surface area is 90.7 Å². The second-order valence-corrected chi connectivity index (χ2v) is 4.47. The zero-order valence-corrected chi connectivity index (χ0v) is 9.49. The van der Waals surface area contributed by atoms with Gasteiger partial charge in [-0.1, -0.05) is 6.42 Å². The van der Waals surface area contributed by atoms with Crippen molar-refractivity contribution in [3.63, 3.8) is 0 Å². The fourth-order valence-corrected chi connectivity index (χ4v) is 1.78. The molecule has 0 aromatic carbocycles. The fraction of sp³-hybridized carbons (Fsp3) is 0.818. The van der Waals surface area contributed by atoms with E-state index in [0.29, 0.717) is 6.61 Å². The second kappa shape index (κ2) is 4.41. The molecule has 0 spiro atoms. The zero-order chi connectivity index (χ0) is 10.7. The number of hydrogen-bond donors (Lipinski definition) is 0. The summed E-state index contributed by atoms with van der Waals surface area (Å²) in [6.45, 7) is 6.30. The van der Waals surface area contributed by atoms with E-state index in [0.717, 1.165) is 18.8 Å². The molecule has 2 aliphatic heterocycles. The van der Waals surface area contributed by atoms with Crippen molar-refractivity contribution in [2.24, 2.45) is 0 Å². The van der Waals surface area contributed by atoms with Crippen LogP contribution in [0, 0.1) is 0 Å². The lowest BCUT2D eigenvalue weighted by molar-refractivity contribution is -0.178. The van der Waals surface area contributed by atoms with E-state index >= 15 is 0 Å². The van der Waals surface area contributed by atoms with Gasteiger partial charge >= 0.3 is 0 Å². The summed E-state index contributed by atoms with van der Waals surface area (Å²) in [4.78, 5) is 5.62. The van der Waals surface area contributed by atoms with Crippen LogP contribution in [-0.2, 0) is 14.3 Å². The van der Waals surface area contributed by atoms with Crippen molar-refractivity contribution in [1.29, 1.82) is 0 Å². The number of ether oxygens (including phenoxy) is 2. The SMILES string of the molecule is CC1(C)OC=C(CON2CCCCC2)O1. The minimum absolute atomic E-state index is 0.476. The van der Waals surface area contributed by atoms with Crippen molar-refractivity contribution < 1.29 is 14.3 Å². The molecule has 2 rings (SSSR count). The van der Waals surface area contributed by atoms with Crippen LogP contribution in [0.2, 0.25) is 0 Å². The molecule has 2 aliphatic rings. The van der Waals surface area contributed by atoms with Crippen molar-refractivity contribution in [3.8, 4) is 0 Å². The number of hydroxylamine groups is 2. The highest BCUT2D eigenvalue weighted by Gasteiger charge is 2.28. The molecular weight excluding hydrogens is 194 g/mol. The van der Waals surface area contributed by atoms with Crippen LogP contribution in [0.25, 0.3) is 0 Å². The minimum atomic E-state index is -0.527. The van der Waals surface area contributed by atoms with Crippen LogP contribution in [0.1, 0.15) is 33.1 Å². The van der Waals surface area contributed by atoms with Gasteiger partial charge in [-0.3, -0.25) is 4.84 Å². The summed E-state index contributed by atoms with van der Waals surface area (Å²) in [6.07, 6.45) is 5.41.